The van der Waals surface area contributed by atoms with Gasteiger partial charge in [-0.05, 0) is 83.5 Å². The first-order valence-electron chi connectivity index (χ1n) is 13.1. The van der Waals surface area contributed by atoms with Crippen molar-refractivity contribution in [1.82, 2.24) is 0 Å². The molecule has 6 aromatic rings. The Bertz CT molecular complexity index is 1820. The second kappa shape index (κ2) is 8.16. The lowest BCUT2D eigenvalue weighted by molar-refractivity contribution is 1.59. The Hall–Kier alpha value is -4.17. The van der Waals surface area contributed by atoms with Crippen molar-refractivity contribution in [2.24, 2.45) is 0 Å². The summed E-state index contributed by atoms with van der Waals surface area (Å²) < 4.78 is 0. The molecule has 0 aromatic heterocycles. The lowest BCUT2D eigenvalue weighted by Gasteiger charge is -2.28. The van der Waals surface area contributed by atoms with Gasteiger partial charge in [0, 0.05) is 5.02 Å². The van der Waals surface area contributed by atoms with Crippen molar-refractivity contribution in [2.45, 2.75) is 0 Å². The van der Waals surface area contributed by atoms with Gasteiger partial charge in [0.25, 0.3) is 0 Å². The van der Waals surface area contributed by atoms with E-state index in [-0.39, 0.29) is 0 Å². The Kier molecular flexibility index (Phi) is 4.70. The minimum atomic E-state index is -2.41. The number of halogens is 1. The molecule has 0 atom stereocenters. The summed E-state index contributed by atoms with van der Waals surface area (Å²) in [4.78, 5) is 0. The summed E-state index contributed by atoms with van der Waals surface area (Å²) in [5.74, 6) is 0. The molecular weight excluding hydrogens is 496 g/mol. The van der Waals surface area contributed by atoms with Crippen LogP contribution >= 0.6 is 11.6 Å². The first kappa shape index (κ1) is 21.9. The van der Waals surface area contributed by atoms with Gasteiger partial charge in [-0.1, -0.05) is 133 Å². The molecule has 2 aliphatic rings. The monoisotopic (exact) mass is 518 g/mol. The fourth-order valence-electron chi connectivity index (χ4n) is 6.80. The van der Waals surface area contributed by atoms with E-state index in [4.69, 9.17) is 11.6 Å². The number of benzene rings is 6. The highest BCUT2D eigenvalue weighted by Gasteiger charge is 2.53. The zero-order valence-electron chi connectivity index (χ0n) is 20.7. The number of fused-ring (bicyclic) bond motifs is 10. The van der Waals surface area contributed by atoms with Crippen molar-refractivity contribution < 1.29 is 0 Å². The van der Waals surface area contributed by atoms with Gasteiger partial charge in [-0.3, -0.25) is 0 Å². The van der Waals surface area contributed by atoms with Crippen molar-refractivity contribution >= 4 is 40.4 Å². The van der Waals surface area contributed by atoms with Crippen LogP contribution in [0.2, 0.25) is 5.02 Å². The normalized spacial score (nSPS) is 13.6. The standard InChI is InChI=1S/C36H23ClSi/c37-28-19-16-24(17-20-28)25-8-7-9-26(22-25)27-18-21-32-31-12-3-6-15-35(31)38(36(32)23-27)33-13-4-1-10-29(33)30-11-2-5-14-34(30)38/h1-23H. The summed E-state index contributed by atoms with van der Waals surface area (Å²) in [5, 5.41) is 6.80. The minimum absolute atomic E-state index is 0.760. The predicted molar refractivity (Wildman–Crippen MR) is 164 cm³/mol. The van der Waals surface area contributed by atoms with E-state index >= 15 is 0 Å². The van der Waals surface area contributed by atoms with Gasteiger partial charge >= 0.3 is 0 Å². The van der Waals surface area contributed by atoms with E-state index in [9.17, 15) is 0 Å². The second-order valence-corrected chi connectivity index (χ2v) is 14.3. The molecule has 178 valence electrons. The maximum Gasteiger partial charge on any atom is 0.182 e. The first-order valence-corrected chi connectivity index (χ1v) is 15.4. The fourth-order valence-corrected chi connectivity index (χ4v) is 12.6. The van der Waals surface area contributed by atoms with Crippen LogP contribution in [0.25, 0.3) is 44.5 Å². The second-order valence-electron chi connectivity index (χ2n) is 10.2. The molecule has 0 aliphatic carbocycles. The summed E-state index contributed by atoms with van der Waals surface area (Å²) in [6, 6.07) is 51.5. The number of rotatable bonds is 2. The minimum Gasteiger partial charge on any atom is -0.0843 e. The summed E-state index contributed by atoms with van der Waals surface area (Å²) in [6.07, 6.45) is 0. The van der Waals surface area contributed by atoms with E-state index in [0.29, 0.717) is 0 Å². The van der Waals surface area contributed by atoms with Crippen LogP contribution in [-0.4, -0.2) is 8.07 Å². The third-order valence-electron chi connectivity index (χ3n) is 8.37. The molecule has 0 N–H and O–H groups in total. The molecular formula is C36H23ClSi. The van der Waals surface area contributed by atoms with Gasteiger partial charge in [0.15, 0.2) is 8.07 Å². The molecule has 0 saturated carbocycles. The molecule has 0 saturated heterocycles. The van der Waals surface area contributed by atoms with Crippen molar-refractivity contribution in [3.8, 4) is 44.5 Å². The Balaban J connectivity index is 1.39. The Morgan fingerprint density at radius 3 is 1.37 bits per heavy atom. The molecule has 0 bridgehead atoms. The average Bonchev–Trinajstić information content (AvgIpc) is 3.45. The highest BCUT2D eigenvalue weighted by atomic mass is 35.5. The summed E-state index contributed by atoms with van der Waals surface area (Å²) >= 11 is 6.15. The van der Waals surface area contributed by atoms with Gasteiger partial charge in [-0.25, -0.2) is 0 Å². The van der Waals surface area contributed by atoms with Crippen molar-refractivity contribution in [1.29, 1.82) is 0 Å². The maximum atomic E-state index is 6.15. The van der Waals surface area contributed by atoms with E-state index in [1.165, 1.54) is 65.3 Å². The molecule has 0 unspecified atom stereocenters. The average molecular weight is 519 g/mol. The fraction of sp³-hybridized carbons (Fsp3) is 0. The third-order valence-corrected chi connectivity index (χ3v) is 13.6. The van der Waals surface area contributed by atoms with E-state index < -0.39 is 8.07 Å². The van der Waals surface area contributed by atoms with Crippen molar-refractivity contribution in [3.63, 3.8) is 0 Å². The molecule has 8 rings (SSSR count). The zero-order chi connectivity index (χ0) is 25.3. The molecule has 1 spiro atoms. The Morgan fingerprint density at radius 1 is 0.342 bits per heavy atom. The van der Waals surface area contributed by atoms with Crippen LogP contribution in [0.15, 0.2) is 140 Å². The van der Waals surface area contributed by atoms with Crippen molar-refractivity contribution in [3.05, 3.63) is 145 Å². The smallest absolute Gasteiger partial charge is 0.0843 e. The molecule has 2 heteroatoms. The lowest BCUT2D eigenvalue weighted by Crippen LogP contribution is -2.70. The third kappa shape index (κ3) is 2.92. The van der Waals surface area contributed by atoms with Crippen LogP contribution in [0.3, 0.4) is 0 Å². The van der Waals surface area contributed by atoms with E-state index in [2.05, 4.69) is 127 Å². The van der Waals surface area contributed by atoms with Crippen LogP contribution in [-0.2, 0) is 0 Å². The van der Waals surface area contributed by atoms with Gasteiger partial charge in [-0.15, -0.1) is 0 Å². The molecule has 6 aromatic carbocycles. The van der Waals surface area contributed by atoms with Gasteiger partial charge in [0.1, 0.15) is 0 Å². The van der Waals surface area contributed by atoms with Crippen LogP contribution in [0, 0.1) is 0 Å². The van der Waals surface area contributed by atoms with Crippen LogP contribution in [0.1, 0.15) is 0 Å². The quantitative estimate of drug-likeness (QED) is 0.216. The van der Waals surface area contributed by atoms with Crippen LogP contribution < -0.4 is 20.7 Å². The Labute approximate surface area is 228 Å². The van der Waals surface area contributed by atoms with E-state index in [1.807, 2.05) is 12.1 Å². The molecule has 0 radical (unpaired) electrons. The molecule has 2 heterocycles. The topological polar surface area (TPSA) is 0 Å². The lowest BCUT2D eigenvalue weighted by atomic mass is 9.97. The first-order chi connectivity index (χ1) is 18.7. The van der Waals surface area contributed by atoms with Gasteiger partial charge in [0.2, 0.25) is 0 Å². The summed E-state index contributed by atoms with van der Waals surface area (Å²) in [6.45, 7) is 0. The largest absolute Gasteiger partial charge is 0.182 e. The number of hydrogen-bond acceptors (Lipinski definition) is 0. The summed E-state index contributed by atoms with van der Waals surface area (Å²) in [5.41, 5.74) is 10.4. The number of hydrogen-bond donors (Lipinski definition) is 0. The zero-order valence-corrected chi connectivity index (χ0v) is 22.4. The molecule has 0 amide bonds. The highest BCUT2D eigenvalue weighted by Crippen LogP contribution is 2.37. The molecule has 2 aliphatic heterocycles. The van der Waals surface area contributed by atoms with Crippen LogP contribution in [0.4, 0.5) is 0 Å². The SMILES string of the molecule is Clc1ccc(-c2cccc(-c3ccc4c(c3)[Si]3(c5ccccc5-c5ccccc53)c3ccccc3-4)c2)cc1. The molecule has 38 heavy (non-hydrogen) atoms. The van der Waals surface area contributed by atoms with Gasteiger partial charge < -0.3 is 0 Å². The van der Waals surface area contributed by atoms with Gasteiger partial charge in [-0.2, -0.15) is 0 Å². The van der Waals surface area contributed by atoms with Crippen LogP contribution in [0.5, 0.6) is 0 Å². The molecule has 0 nitrogen and oxygen atoms in total. The highest BCUT2D eigenvalue weighted by molar-refractivity contribution is 7.24. The van der Waals surface area contributed by atoms with E-state index in [1.54, 1.807) is 0 Å². The van der Waals surface area contributed by atoms with E-state index in [0.717, 1.165) is 5.02 Å². The van der Waals surface area contributed by atoms with Crippen molar-refractivity contribution in [2.75, 3.05) is 0 Å². The Morgan fingerprint density at radius 2 is 0.789 bits per heavy atom. The van der Waals surface area contributed by atoms with Gasteiger partial charge in [0.05, 0.1) is 0 Å². The molecule has 0 fully saturated rings. The maximum absolute atomic E-state index is 6.15. The summed E-state index contributed by atoms with van der Waals surface area (Å²) in [7, 11) is -2.41. The predicted octanol–water partition coefficient (Wildman–Crippen LogP) is 7.01.